The highest BCUT2D eigenvalue weighted by Crippen LogP contribution is 2.35. The number of carbonyl (C=O) groups excluding carboxylic acids is 1. The molecule has 0 bridgehead atoms. The minimum atomic E-state index is -0.163. The topological polar surface area (TPSA) is 59.0 Å². The third-order valence-electron chi connectivity index (χ3n) is 4.96. The number of amides is 1. The van der Waals surface area contributed by atoms with Crippen molar-refractivity contribution in [3.63, 3.8) is 0 Å². The smallest absolute Gasteiger partial charge is 0.258 e. The molecule has 2 aromatic rings. The minimum Gasteiger partial charge on any atom is -0.504 e. The van der Waals surface area contributed by atoms with Gasteiger partial charge in [-0.1, -0.05) is 31.0 Å². The summed E-state index contributed by atoms with van der Waals surface area (Å²) in [6.45, 7) is 0.673. The number of nitrogens with zero attached hydrogens (tertiary/aromatic N) is 1. The van der Waals surface area contributed by atoms with Crippen LogP contribution in [0.2, 0.25) is 0 Å². The number of carbonyl (C=O) groups is 1. The molecule has 1 atom stereocenters. The molecule has 1 amide bonds. The van der Waals surface area contributed by atoms with Crippen LogP contribution < -0.4 is 9.47 Å². The number of hydrogen-bond donors (Lipinski definition) is 1. The van der Waals surface area contributed by atoms with E-state index in [-0.39, 0.29) is 23.3 Å². The Kier molecular flexibility index (Phi) is 5.66. The number of benzene rings is 2. The summed E-state index contributed by atoms with van der Waals surface area (Å²) in [6, 6.07) is 12.9. The lowest BCUT2D eigenvalue weighted by molar-refractivity contribution is 0.0677. The Morgan fingerprint density at radius 1 is 1.04 bits per heavy atom. The molecule has 5 nitrogen and oxygen atoms in total. The third kappa shape index (κ3) is 3.62. The molecule has 1 N–H and O–H groups in total. The fraction of sp³-hybridized carbons (Fsp3) is 0.381. The average Bonchev–Trinajstić information content (AvgIpc) is 2.94. The van der Waals surface area contributed by atoms with Gasteiger partial charge in [0.1, 0.15) is 5.75 Å². The summed E-state index contributed by atoms with van der Waals surface area (Å²) in [4.78, 5) is 15.1. The maximum absolute atomic E-state index is 13.2. The second kappa shape index (κ2) is 8.13. The van der Waals surface area contributed by atoms with E-state index < -0.39 is 0 Å². The largest absolute Gasteiger partial charge is 0.504 e. The highest BCUT2D eigenvalue weighted by atomic mass is 16.5. The van der Waals surface area contributed by atoms with Gasteiger partial charge in [0.25, 0.3) is 5.91 Å². The van der Waals surface area contributed by atoms with Crippen LogP contribution in [0.4, 0.5) is 0 Å². The Morgan fingerprint density at radius 2 is 1.81 bits per heavy atom. The predicted molar refractivity (Wildman–Crippen MR) is 99.9 cm³/mol. The van der Waals surface area contributed by atoms with Crippen molar-refractivity contribution in [2.45, 2.75) is 31.7 Å². The van der Waals surface area contributed by atoms with Gasteiger partial charge in [-0.3, -0.25) is 4.79 Å². The zero-order valence-electron chi connectivity index (χ0n) is 15.3. The molecule has 26 heavy (non-hydrogen) atoms. The minimum absolute atomic E-state index is 0.0125. The molecule has 0 aromatic heterocycles. The number of methoxy groups -OCH3 is 2. The van der Waals surface area contributed by atoms with Gasteiger partial charge in [-0.05, 0) is 42.7 Å². The third-order valence-corrected chi connectivity index (χ3v) is 4.96. The van der Waals surface area contributed by atoms with Crippen LogP contribution in [-0.4, -0.2) is 36.7 Å². The number of likely N-dealkylation sites (tertiary alicyclic amines) is 1. The quantitative estimate of drug-likeness (QED) is 0.894. The Balaban J connectivity index is 1.94. The van der Waals surface area contributed by atoms with Crippen LogP contribution in [0.25, 0.3) is 0 Å². The van der Waals surface area contributed by atoms with E-state index in [9.17, 15) is 9.90 Å². The molecular formula is C21H25NO4. The van der Waals surface area contributed by atoms with Crippen molar-refractivity contribution < 1.29 is 19.4 Å². The highest BCUT2D eigenvalue weighted by molar-refractivity contribution is 5.98. The van der Waals surface area contributed by atoms with Crippen molar-refractivity contribution >= 4 is 5.91 Å². The van der Waals surface area contributed by atoms with Crippen molar-refractivity contribution in [2.24, 2.45) is 0 Å². The van der Waals surface area contributed by atoms with Gasteiger partial charge in [0, 0.05) is 6.54 Å². The van der Waals surface area contributed by atoms with E-state index in [1.807, 2.05) is 29.2 Å². The van der Waals surface area contributed by atoms with Gasteiger partial charge in [-0.15, -0.1) is 0 Å². The standard InChI is InChI=1S/C21H25NO4/c1-25-16-12-10-15(11-13-16)18-8-4-3-5-14-22(18)21(24)17-7-6-9-19(26-2)20(17)23/h6-7,9-13,18,23H,3-5,8,14H2,1-2H3. The van der Waals surface area contributed by atoms with Gasteiger partial charge in [-0.2, -0.15) is 0 Å². The molecule has 3 rings (SSSR count). The van der Waals surface area contributed by atoms with E-state index in [4.69, 9.17) is 9.47 Å². The number of para-hydroxylation sites is 1. The summed E-state index contributed by atoms with van der Waals surface area (Å²) in [5.74, 6) is 0.846. The van der Waals surface area contributed by atoms with Gasteiger partial charge in [-0.25, -0.2) is 0 Å². The van der Waals surface area contributed by atoms with Crippen LogP contribution in [-0.2, 0) is 0 Å². The van der Waals surface area contributed by atoms with Crippen LogP contribution >= 0.6 is 0 Å². The number of hydrogen-bond acceptors (Lipinski definition) is 4. The molecule has 1 unspecified atom stereocenters. The number of ether oxygens (including phenoxy) is 2. The molecule has 0 saturated carbocycles. The van der Waals surface area contributed by atoms with Gasteiger partial charge >= 0.3 is 0 Å². The van der Waals surface area contributed by atoms with Crippen LogP contribution in [0.5, 0.6) is 17.2 Å². The van der Waals surface area contributed by atoms with Crippen LogP contribution in [0, 0.1) is 0 Å². The maximum Gasteiger partial charge on any atom is 0.258 e. The fourth-order valence-corrected chi connectivity index (χ4v) is 3.54. The molecule has 1 saturated heterocycles. The summed E-state index contributed by atoms with van der Waals surface area (Å²) in [6.07, 6.45) is 4.04. The van der Waals surface area contributed by atoms with Gasteiger partial charge < -0.3 is 19.5 Å². The molecule has 0 radical (unpaired) electrons. The lowest BCUT2D eigenvalue weighted by Gasteiger charge is -2.31. The van der Waals surface area contributed by atoms with Crippen LogP contribution in [0.15, 0.2) is 42.5 Å². The second-order valence-corrected chi connectivity index (χ2v) is 6.49. The fourth-order valence-electron chi connectivity index (χ4n) is 3.54. The Hall–Kier alpha value is -2.69. The number of aromatic hydroxyl groups is 1. The summed E-state index contributed by atoms with van der Waals surface area (Å²) in [7, 11) is 3.12. The molecule has 1 heterocycles. The van der Waals surface area contributed by atoms with Crippen LogP contribution in [0.1, 0.15) is 47.6 Å². The van der Waals surface area contributed by atoms with Crippen molar-refractivity contribution in [1.29, 1.82) is 0 Å². The summed E-state index contributed by atoms with van der Waals surface area (Å²) in [5, 5.41) is 10.4. The van der Waals surface area contributed by atoms with E-state index in [1.165, 1.54) is 7.11 Å². The monoisotopic (exact) mass is 355 g/mol. The normalized spacial score (nSPS) is 17.5. The molecule has 138 valence electrons. The van der Waals surface area contributed by atoms with E-state index in [1.54, 1.807) is 25.3 Å². The summed E-state index contributed by atoms with van der Waals surface area (Å²) >= 11 is 0. The molecular weight excluding hydrogens is 330 g/mol. The maximum atomic E-state index is 13.2. The first-order chi connectivity index (χ1) is 12.7. The Bertz CT molecular complexity index is 757. The molecule has 0 spiro atoms. The van der Waals surface area contributed by atoms with Crippen molar-refractivity contribution in [2.75, 3.05) is 20.8 Å². The zero-order chi connectivity index (χ0) is 18.5. The van der Waals surface area contributed by atoms with Gasteiger partial charge in [0.15, 0.2) is 11.5 Å². The Labute approximate surface area is 154 Å². The number of rotatable bonds is 4. The van der Waals surface area contributed by atoms with E-state index in [0.29, 0.717) is 12.3 Å². The van der Waals surface area contributed by atoms with Gasteiger partial charge in [0.2, 0.25) is 0 Å². The first-order valence-electron chi connectivity index (χ1n) is 8.96. The molecule has 5 heteroatoms. The van der Waals surface area contributed by atoms with E-state index >= 15 is 0 Å². The molecule has 1 aliphatic heterocycles. The SMILES string of the molecule is COc1ccc(C2CCCCCN2C(=O)c2cccc(OC)c2O)cc1. The predicted octanol–water partition coefficient (Wildman–Crippen LogP) is 4.17. The molecule has 1 aliphatic rings. The molecule has 2 aromatic carbocycles. The van der Waals surface area contributed by atoms with Crippen LogP contribution in [0.3, 0.4) is 0 Å². The first-order valence-corrected chi connectivity index (χ1v) is 8.96. The number of phenols is 1. The zero-order valence-corrected chi connectivity index (χ0v) is 15.3. The van der Waals surface area contributed by atoms with Crippen molar-refractivity contribution in [3.8, 4) is 17.2 Å². The average molecular weight is 355 g/mol. The van der Waals surface area contributed by atoms with Crippen molar-refractivity contribution in [1.82, 2.24) is 4.90 Å². The summed E-state index contributed by atoms with van der Waals surface area (Å²) in [5.41, 5.74) is 1.37. The van der Waals surface area contributed by atoms with Gasteiger partial charge in [0.05, 0.1) is 25.8 Å². The molecule has 1 fully saturated rings. The highest BCUT2D eigenvalue weighted by Gasteiger charge is 2.29. The lowest BCUT2D eigenvalue weighted by Crippen LogP contribution is -2.34. The number of phenolic OH excluding ortho intramolecular Hbond substituents is 1. The van der Waals surface area contributed by atoms with E-state index in [0.717, 1.165) is 37.0 Å². The first kappa shape index (κ1) is 18.1. The summed E-state index contributed by atoms with van der Waals surface area (Å²) < 4.78 is 10.4. The molecule has 0 aliphatic carbocycles. The van der Waals surface area contributed by atoms with E-state index in [2.05, 4.69) is 0 Å². The second-order valence-electron chi connectivity index (χ2n) is 6.49. The van der Waals surface area contributed by atoms with Crippen molar-refractivity contribution in [3.05, 3.63) is 53.6 Å². The lowest BCUT2D eigenvalue weighted by atomic mass is 9.99. The Morgan fingerprint density at radius 3 is 2.50 bits per heavy atom.